The zero-order chi connectivity index (χ0) is 9.80. The normalized spacial score (nSPS) is 14.2. The molecule has 0 spiro atoms. The van der Waals surface area contributed by atoms with E-state index in [4.69, 9.17) is 0 Å². The maximum atomic E-state index is 4.43. The summed E-state index contributed by atoms with van der Waals surface area (Å²) in [6, 6.07) is 8.35. The molecule has 1 aliphatic heterocycles. The monoisotopic (exact) mass is 188 g/mol. The molecule has 0 saturated heterocycles. The average molecular weight is 188 g/mol. The molecular weight excluding hydrogens is 172 g/mol. The van der Waals surface area contributed by atoms with Crippen LogP contribution in [0.25, 0.3) is 0 Å². The summed E-state index contributed by atoms with van der Waals surface area (Å²) >= 11 is 0. The molecule has 1 aromatic rings. The van der Waals surface area contributed by atoms with Crippen molar-refractivity contribution in [2.24, 2.45) is 4.99 Å². The second kappa shape index (κ2) is 4.27. The van der Waals surface area contributed by atoms with Crippen molar-refractivity contribution in [3.05, 3.63) is 29.8 Å². The van der Waals surface area contributed by atoms with E-state index in [0.717, 1.165) is 18.8 Å². The summed E-state index contributed by atoms with van der Waals surface area (Å²) in [6.45, 7) is 4.35. The van der Waals surface area contributed by atoms with Gasteiger partial charge < -0.3 is 4.90 Å². The predicted molar refractivity (Wildman–Crippen MR) is 59.9 cm³/mol. The molecule has 0 radical (unpaired) electrons. The van der Waals surface area contributed by atoms with Crippen molar-refractivity contribution in [3.8, 4) is 0 Å². The first kappa shape index (κ1) is 9.25. The fraction of sp³-hybridized carbons (Fsp3) is 0.417. The van der Waals surface area contributed by atoms with Crippen LogP contribution in [-0.2, 0) is 6.54 Å². The van der Waals surface area contributed by atoms with Gasteiger partial charge in [-0.05, 0) is 18.1 Å². The predicted octanol–water partition coefficient (Wildman–Crippen LogP) is 2.96. The van der Waals surface area contributed by atoms with Gasteiger partial charge >= 0.3 is 0 Å². The van der Waals surface area contributed by atoms with Crippen molar-refractivity contribution in [1.82, 2.24) is 4.90 Å². The van der Waals surface area contributed by atoms with E-state index in [0.29, 0.717) is 0 Å². The van der Waals surface area contributed by atoms with E-state index in [9.17, 15) is 0 Å². The van der Waals surface area contributed by atoms with Crippen molar-refractivity contribution in [1.29, 1.82) is 0 Å². The fourth-order valence-electron chi connectivity index (χ4n) is 1.67. The Balaban J connectivity index is 2.06. The molecule has 0 saturated carbocycles. The van der Waals surface area contributed by atoms with Gasteiger partial charge in [0.25, 0.3) is 0 Å². The quantitative estimate of drug-likeness (QED) is 0.712. The number of nitrogens with zero attached hydrogens (tertiary/aromatic N) is 2. The highest BCUT2D eigenvalue weighted by Crippen LogP contribution is 2.23. The second-order valence-corrected chi connectivity index (χ2v) is 3.70. The van der Waals surface area contributed by atoms with E-state index in [-0.39, 0.29) is 0 Å². The SMILES string of the molecule is CCCCN1C=Nc2ccccc2C1. The molecule has 0 aromatic heterocycles. The number of hydrogen-bond acceptors (Lipinski definition) is 2. The zero-order valence-electron chi connectivity index (χ0n) is 8.61. The molecule has 14 heavy (non-hydrogen) atoms. The van der Waals surface area contributed by atoms with Gasteiger partial charge in [0.15, 0.2) is 0 Å². The third-order valence-electron chi connectivity index (χ3n) is 2.52. The highest BCUT2D eigenvalue weighted by molar-refractivity contribution is 5.66. The molecule has 2 heteroatoms. The molecule has 0 fully saturated rings. The van der Waals surface area contributed by atoms with Crippen LogP contribution in [0, 0.1) is 0 Å². The summed E-state index contributed by atoms with van der Waals surface area (Å²) in [5.41, 5.74) is 2.46. The van der Waals surface area contributed by atoms with Crippen LogP contribution in [0.4, 0.5) is 5.69 Å². The lowest BCUT2D eigenvalue weighted by Gasteiger charge is -2.23. The van der Waals surface area contributed by atoms with E-state index in [1.54, 1.807) is 0 Å². The van der Waals surface area contributed by atoms with E-state index in [1.165, 1.54) is 18.4 Å². The average Bonchev–Trinajstić information content (AvgIpc) is 2.26. The molecule has 0 unspecified atom stereocenters. The first-order chi connectivity index (χ1) is 6.90. The van der Waals surface area contributed by atoms with Crippen LogP contribution in [0.2, 0.25) is 0 Å². The van der Waals surface area contributed by atoms with Crippen LogP contribution in [-0.4, -0.2) is 17.8 Å². The second-order valence-electron chi connectivity index (χ2n) is 3.70. The van der Waals surface area contributed by atoms with E-state index >= 15 is 0 Å². The molecule has 0 N–H and O–H groups in total. The molecule has 1 heterocycles. The highest BCUT2D eigenvalue weighted by atomic mass is 15.2. The molecule has 2 nitrogen and oxygen atoms in total. The number of rotatable bonds is 3. The van der Waals surface area contributed by atoms with Crippen LogP contribution in [0.3, 0.4) is 0 Å². The summed E-state index contributed by atoms with van der Waals surface area (Å²) in [5.74, 6) is 0. The van der Waals surface area contributed by atoms with Gasteiger partial charge in [0.05, 0.1) is 12.0 Å². The largest absolute Gasteiger partial charge is 0.358 e. The Morgan fingerprint density at radius 3 is 3.07 bits per heavy atom. The van der Waals surface area contributed by atoms with Crippen LogP contribution in [0.5, 0.6) is 0 Å². The highest BCUT2D eigenvalue weighted by Gasteiger charge is 2.09. The van der Waals surface area contributed by atoms with Gasteiger partial charge in [-0.25, -0.2) is 4.99 Å². The minimum Gasteiger partial charge on any atom is -0.358 e. The van der Waals surface area contributed by atoms with Gasteiger partial charge in [0, 0.05) is 13.1 Å². The van der Waals surface area contributed by atoms with Crippen molar-refractivity contribution in [2.75, 3.05) is 6.54 Å². The number of hydrogen-bond donors (Lipinski definition) is 0. The minimum atomic E-state index is 1.01. The lowest BCUT2D eigenvalue weighted by Crippen LogP contribution is -2.24. The van der Waals surface area contributed by atoms with E-state index < -0.39 is 0 Å². The Labute approximate surface area is 85.3 Å². The molecular formula is C12H16N2. The van der Waals surface area contributed by atoms with Crippen molar-refractivity contribution in [2.45, 2.75) is 26.3 Å². The Hall–Kier alpha value is -1.31. The molecule has 1 aromatic carbocycles. The number of para-hydroxylation sites is 1. The molecule has 74 valence electrons. The Morgan fingerprint density at radius 1 is 1.36 bits per heavy atom. The van der Waals surface area contributed by atoms with Gasteiger partial charge in [0.1, 0.15) is 0 Å². The minimum absolute atomic E-state index is 1.01. The van der Waals surface area contributed by atoms with E-state index in [1.807, 2.05) is 12.4 Å². The number of aliphatic imine (C=N–C) groups is 1. The smallest absolute Gasteiger partial charge is 0.0915 e. The zero-order valence-corrected chi connectivity index (χ0v) is 8.61. The lowest BCUT2D eigenvalue weighted by molar-refractivity contribution is 0.409. The lowest BCUT2D eigenvalue weighted by atomic mass is 10.1. The Kier molecular flexibility index (Phi) is 2.82. The van der Waals surface area contributed by atoms with Crippen molar-refractivity contribution in [3.63, 3.8) is 0 Å². The fourth-order valence-corrected chi connectivity index (χ4v) is 1.67. The first-order valence-corrected chi connectivity index (χ1v) is 5.26. The molecule has 0 bridgehead atoms. The first-order valence-electron chi connectivity index (χ1n) is 5.26. The molecule has 2 rings (SSSR count). The topological polar surface area (TPSA) is 15.6 Å². The molecule has 0 atom stereocenters. The van der Waals surface area contributed by atoms with Crippen LogP contribution in [0.1, 0.15) is 25.3 Å². The van der Waals surface area contributed by atoms with Crippen LogP contribution in [0.15, 0.2) is 29.3 Å². The summed E-state index contributed by atoms with van der Waals surface area (Å²) in [4.78, 5) is 6.71. The molecule has 0 aliphatic carbocycles. The van der Waals surface area contributed by atoms with Crippen molar-refractivity contribution < 1.29 is 0 Å². The van der Waals surface area contributed by atoms with Crippen molar-refractivity contribution >= 4 is 12.0 Å². The Morgan fingerprint density at radius 2 is 2.21 bits per heavy atom. The maximum absolute atomic E-state index is 4.43. The van der Waals surface area contributed by atoms with Gasteiger partial charge in [-0.1, -0.05) is 31.5 Å². The number of unbranched alkanes of at least 4 members (excludes halogenated alkanes) is 1. The van der Waals surface area contributed by atoms with Crippen LogP contribution < -0.4 is 0 Å². The van der Waals surface area contributed by atoms with Gasteiger partial charge in [-0.2, -0.15) is 0 Å². The molecule has 0 amide bonds. The summed E-state index contributed by atoms with van der Waals surface area (Å²) < 4.78 is 0. The van der Waals surface area contributed by atoms with Gasteiger partial charge in [-0.15, -0.1) is 0 Å². The summed E-state index contributed by atoms with van der Waals surface area (Å²) in [6.07, 6.45) is 4.46. The summed E-state index contributed by atoms with van der Waals surface area (Å²) in [7, 11) is 0. The van der Waals surface area contributed by atoms with Gasteiger partial charge in [-0.3, -0.25) is 0 Å². The standard InChI is InChI=1S/C12H16N2/c1-2-3-8-14-9-11-6-4-5-7-12(11)13-10-14/h4-7,10H,2-3,8-9H2,1H3. The third kappa shape index (κ3) is 1.95. The number of fused-ring (bicyclic) bond motifs is 1. The maximum Gasteiger partial charge on any atom is 0.0915 e. The Bertz CT molecular complexity index is 331. The summed E-state index contributed by atoms with van der Waals surface area (Å²) in [5, 5.41) is 0. The van der Waals surface area contributed by atoms with Crippen LogP contribution >= 0.6 is 0 Å². The molecule has 1 aliphatic rings. The third-order valence-corrected chi connectivity index (χ3v) is 2.52. The van der Waals surface area contributed by atoms with E-state index in [2.05, 4.69) is 35.0 Å². The number of benzene rings is 1. The van der Waals surface area contributed by atoms with Gasteiger partial charge in [0.2, 0.25) is 0 Å².